The van der Waals surface area contributed by atoms with Crippen molar-refractivity contribution in [1.82, 2.24) is 0 Å². The fraction of sp³-hybridized carbons (Fsp3) is 0.562. The van der Waals surface area contributed by atoms with Crippen LogP contribution >= 0.6 is 17.0 Å². The third-order valence-electron chi connectivity index (χ3n) is 4.63. The van der Waals surface area contributed by atoms with E-state index in [1.165, 1.54) is 32.1 Å². The molecule has 2 bridgehead atoms. The van der Waals surface area contributed by atoms with E-state index in [4.69, 9.17) is 22.0 Å². The van der Waals surface area contributed by atoms with E-state index in [0.717, 1.165) is 23.0 Å². The number of rotatable bonds is 2. The number of halogens is 2. The second-order valence-electron chi connectivity index (χ2n) is 5.89. The predicted molar refractivity (Wildman–Crippen MR) is 86.0 cm³/mol. The molecule has 0 saturated heterocycles. The molecule has 1 N–H and O–H groups in total. The molecule has 0 aliphatic heterocycles. The van der Waals surface area contributed by atoms with Crippen molar-refractivity contribution in [3.05, 3.63) is 29.3 Å². The first-order valence-corrected chi connectivity index (χ1v) is 13.8. The number of benzene rings is 1. The van der Waals surface area contributed by atoms with Gasteiger partial charge in [-0.25, -0.2) is 0 Å². The van der Waals surface area contributed by atoms with Crippen molar-refractivity contribution in [2.24, 2.45) is 16.8 Å². The Morgan fingerprint density at radius 1 is 1.24 bits per heavy atom. The maximum absolute atomic E-state index is 9.97. The molecule has 2 fully saturated rings. The summed E-state index contributed by atoms with van der Waals surface area (Å²) in [6, 6.07) is 6.36. The van der Waals surface area contributed by atoms with Crippen LogP contribution in [0, 0.1) is 18.8 Å². The van der Waals surface area contributed by atoms with Crippen LogP contribution in [0.1, 0.15) is 43.2 Å². The van der Waals surface area contributed by atoms with E-state index in [-0.39, 0.29) is 0 Å². The number of fused-ring (bicyclic) bond motifs is 2. The molecule has 2 atom stereocenters. The topological polar surface area (TPSA) is 32.6 Å². The Bertz CT molecular complexity index is 479. The first-order valence-electron chi connectivity index (χ1n) is 7.45. The van der Waals surface area contributed by atoms with Crippen LogP contribution in [0.2, 0.25) is 0 Å². The molecule has 0 aromatic heterocycles. The second-order valence-corrected chi connectivity index (χ2v) is 9.63. The van der Waals surface area contributed by atoms with Gasteiger partial charge < -0.3 is 5.11 Å². The van der Waals surface area contributed by atoms with Gasteiger partial charge in [0.15, 0.2) is 0 Å². The van der Waals surface area contributed by atoms with Gasteiger partial charge in [0.05, 0.1) is 6.04 Å². The van der Waals surface area contributed by atoms with E-state index in [1.54, 1.807) is 0 Å². The van der Waals surface area contributed by atoms with E-state index >= 15 is 0 Å². The number of aliphatic imine (C=N–C) groups is 1. The van der Waals surface area contributed by atoms with Crippen molar-refractivity contribution >= 4 is 23.2 Å². The fourth-order valence-corrected chi connectivity index (χ4v) is 3.44. The first-order chi connectivity index (χ1) is 10.2. The fourth-order valence-electron chi connectivity index (χ4n) is 3.44. The number of para-hydroxylation sites is 1. The number of nitrogens with zero attached hydrogens (tertiary/aromatic N) is 1. The van der Waals surface area contributed by atoms with Crippen molar-refractivity contribution in [1.29, 1.82) is 0 Å². The van der Waals surface area contributed by atoms with Gasteiger partial charge in [-0.05, 0) is 49.7 Å². The monoisotopic (exact) mass is 403 g/mol. The van der Waals surface area contributed by atoms with Gasteiger partial charge in [-0.3, -0.25) is 4.99 Å². The average Bonchev–Trinajstić information content (AvgIpc) is 2.80. The van der Waals surface area contributed by atoms with E-state index < -0.39 is 20.8 Å². The molecule has 2 saturated carbocycles. The van der Waals surface area contributed by atoms with Crippen molar-refractivity contribution < 1.29 is 26.0 Å². The van der Waals surface area contributed by atoms with Gasteiger partial charge in [-0.15, -0.1) is 0 Å². The van der Waals surface area contributed by atoms with Gasteiger partial charge in [-0.1, -0.05) is 25.0 Å². The van der Waals surface area contributed by atoms with Crippen LogP contribution < -0.4 is 0 Å². The van der Waals surface area contributed by atoms with Gasteiger partial charge in [0.1, 0.15) is 5.75 Å². The van der Waals surface area contributed by atoms with Gasteiger partial charge in [-0.2, -0.15) is 0 Å². The zero-order valence-corrected chi connectivity index (χ0v) is 16.2. The predicted octanol–water partition coefficient (Wildman–Crippen LogP) is 5.07. The van der Waals surface area contributed by atoms with E-state index in [2.05, 4.69) is 0 Å². The minimum absolute atomic E-state index is 0.378. The molecule has 0 amide bonds. The number of aromatic hydroxyl groups is 1. The Labute approximate surface area is 145 Å². The summed E-state index contributed by atoms with van der Waals surface area (Å²) in [5.41, 5.74) is 1.78. The summed E-state index contributed by atoms with van der Waals surface area (Å²) in [5, 5.41) is 9.97. The number of hydrogen-bond acceptors (Lipinski definition) is 2. The Kier molecular flexibility index (Phi) is 7.25. The summed E-state index contributed by atoms with van der Waals surface area (Å²) in [6.07, 6.45) is 8.71. The average molecular weight is 405 g/mol. The quantitative estimate of drug-likeness (QED) is 0.684. The zero-order chi connectivity index (χ0) is 15.2. The van der Waals surface area contributed by atoms with Crippen LogP contribution in [0.25, 0.3) is 0 Å². The van der Waals surface area contributed by atoms with Crippen molar-refractivity contribution in [3.8, 4) is 5.75 Å². The molecule has 3 rings (SSSR count). The molecule has 0 heterocycles. The number of hydrogen-bond donors (Lipinski definition) is 1. The number of phenols is 1. The van der Waals surface area contributed by atoms with Crippen LogP contribution in [-0.4, -0.2) is 17.4 Å². The molecule has 21 heavy (non-hydrogen) atoms. The third-order valence-corrected chi connectivity index (χ3v) is 4.63. The summed E-state index contributed by atoms with van der Waals surface area (Å²) in [6.45, 7) is 1.93. The molecule has 2 nitrogen and oxygen atoms in total. The Morgan fingerprint density at radius 2 is 1.86 bits per heavy atom. The van der Waals surface area contributed by atoms with Crippen molar-refractivity contribution in [3.63, 3.8) is 0 Å². The molecule has 2 unspecified atom stereocenters. The van der Waals surface area contributed by atoms with Crippen LogP contribution in [0.4, 0.5) is 0 Å². The first kappa shape index (κ1) is 17.5. The Balaban J connectivity index is 0.000000497. The summed E-state index contributed by atoms with van der Waals surface area (Å²) < 4.78 is 0. The molecule has 0 radical (unpaired) electrons. The van der Waals surface area contributed by atoms with Crippen molar-refractivity contribution in [2.45, 2.75) is 45.1 Å². The molecule has 0 spiro atoms. The second kappa shape index (κ2) is 8.70. The van der Waals surface area contributed by atoms with E-state index in [0.29, 0.717) is 11.8 Å². The normalized spacial score (nSPS) is 27.3. The van der Waals surface area contributed by atoms with Gasteiger partial charge in [0.2, 0.25) is 0 Å². The maximum atomic E-state index is 9.97. The molecule has 114 valence electrons. The van der Waals surface area contributed by atoms with E-state index in [1.807, 2.05) is 31.3 Å². The molecule has 2 aliphatic carbocycles. The SMILES string of the molecule is Cc1cccc(C=NC2C3CCCCC2C3)c1O.[Cl][Zr][Cl]. The Hall–Kier alpha value is 0.153. The molecule has 5 heteroatoms. The van der Waals surface area contributed by atoms with Crippen LogP contribution in [0.3, 0.4) is 0 Å². The molecular weight excluding hydrogens is 384 g/mol. The summed E-state index contributed by atoms with van der Waals surface area (Å²) in [4.78, 5) is 4.76. The van der Waals surface area contributed by atoms with Gasteiger partial charge >= 0.3 is 37.9 Å². The number of aryl methyl sites for hydroxylation is 1. The molecule has 1 aromatic rings. The molecular formula is C16H21Cl2NOZr. The van der Waals surface area contributed by atoms with Gasteiger partial charge in [0, 0.05) is 11.8 Å². The summed E-state index contributed by atoms with van der Waals surface area (Å²) in [5.74, 6) is 1.99. The summed E-state index contributed by atoms with van der Waals surface area (Å²) in [7, 11) is 9.87. The standard InChI is InChI=1S/C16H21NO.2ClH.Zr/c1-11-5-4-8-14(16(11)18)10-17-15-12-6-2-3-7-13(15)9-12;;;/h4-5,8,10,12-13,15,18H,2-3,6-7,9H2,1H3;2*1H;/q;;;+2/p-2. The van der Waals surface area contributed by atoms with Crippen molar-refractivity contribution in [2.75, 3.05) is 0 Å². The van der Waals surface area contributed by atoms with Crippen LogP contribution in [0.5, 0.6) is 5.75 Å². The van der Waals surface area contributed by atoms with Gasteiger partial charge in [0.25, 0.3) is 0 Å². The molecule has 1 aromatic carbocycles. The summed E-state index contributed by atoms with van der Waals surface area (Å²) >= 11 is -0.826. The third kappa shape index (κ3) is 4.56. The van der Waals surface area contributed by atoms with E-state index in [9.17, 15) is 5.11 Å². The van der Waals surface area contributed by atoms with Crippen LogP contribution in [0.15, 0.2) is 23.2 Å². The Morgan fingerprint density at radius 3 is 2.48 bits per heavy atom. The number of phenolic OH excluding ortho intramolecular Hbond substituents is 1. The van der Waals surface area contributed by atoms with Crippen LogP contribution in [-0.2, 0) is 20.8 Å². The molecule has 2 aliphatic rings. The zero-order valence-electron chi connectivity index (χ0n) is 12.2. The minimum atomic E-state index is -0.826.